The van der Waals surface area contributed by atoms with Gasteiger partial charge in [0.1, 0.15) is 12.3 Å². The number of ether oxygens (including phenoxy) is 1. The molecule has 0 saturated carbocycles. The Morgan fingerprint density at radius 3 is 2.77 bits per heavy atom. The maximum atomic E-state index is 12.6. The van der Waals surface area contributed by atoms with Gasteiger partial charge in [-0.1, -0.05) is 30.3 Å². The molecule has 166 valence electrons. The molecule has 2 N–H and O–H groups in total. The Labute approximate surface area is 182 Å². The van der Waals surface area contributed by atoms with Crippen LogP contribution in [0.3, 0.4) is 0 Å². The van der Waals surface area contributed by atoms with E-state index in [-0.39, 0.29) is 12.5 Å². The molecular weight excluding hydrogens is 396 g/mol. The third-order valence-corrected chi connectivity index (χ3v) is 4.93. The summed E-state index contributed by atoms with van der Waals surface area (Å²) in [4.78, 5) is 30.9. The van der Waals surface area contributed by atoms with Crippen LogP contribution in [-0.4, -0.2) is 58.8 Å². The van der Waals surface area contributed by atoms with E-state index < -0.39 is 6.09 Å². The zero-order chi connectivity index (χ0) is 22.1. The van der Waals surface area contributed by atoms with Crippen LogP contribution in [0.4, 0.5) is 4.79 Å². The fourth-order valence-corrected chi connectivity index (χ4v) is 3.35. The molecule has 31 heavy (non-hydrogen) atoms. The smallest absolute Gasteiger partial charge is 0.407 e. The number of aromatic nitrogens is 2. The summed E-state index contributed by atoms with van der Waals surface area (Å²) in [6, 6.07) is 11.4. The lowest BCUT2D eigenvalue weighted by atomic mass is 10.2. The number of carbonyl (C=O) groups is 2. The van der Waals surface area contributed by atoms with E-state index in [2.05, 4.69) is 25.6 Å². The molecule has 1 aromatic carbocycles. The van der Waals surface area contributed by atoms with E-state index in [4.69, 9.17) is 4.74 Å². The summed E-state index contributed by atoms with van der Waals surface area (Å²) < 4.78 is 6.88. The molecule has 2 amide bonds. The number of carbonyl (C=O) groups excluding carboxylic acids is 2. The third-order valence-electron chi connectivity index (χ3n) is 4.93. The van der Waals surface area contributed by atoms with Crippen molar-refractivity contribution in [3.8, 4) is 0 Å². The van der Waals surface area contributed by atoms with Gasteiger partial charge in [0.2, 0.25) is 5.96 Å². The first-order valence-electron chi connectivity index (χ1n) is 10.7. The van der Waals surface area contributed by atoms with E-state index >= 15 is 0 Å². The van der Waals surface area contributed by atoms with E-state index in [0.29, 0.717) is 31.3 Å². The number of nitrogens with one attached hydrogen (secondary N) is 2. The molecule has 3 rings (SSSR count). The van der Waals surface area contributed by atoms with Crippen LogP contribution in [0.5, 0.6) is 0 Å². The quantitative estimate of drug-likeness (QED) is 0.600. The molecule has 1 aliphatic rings. The fraction of sp³-hybridized carbons (Fsp3) is 0.455. The second-order valence-electron chi connectivity index (χ2n) is 7.33. The van der Waals surface area contributed by atoms with Crippen molar-refractivity contribution in [2.24, 2.45) is 4.99 Å². The molecule has 0 spiro atoms. The second kappa shape index (κ2) is 11.1. The van der Waals surface area contributed by atoms with Crippen LogP contribution in [0.15, 0.2) is 41.4 Å². The summed E-state index contributed by atoms with van der Waals surface area (Å²) in [6.07, 6.45) is 1.25. The molecular formula is C22H30N6O3. The molecule has 0 bridgehead atoms. The van der Waals surface area contributed by atoms with Gasteiger partial charge in [0.15, 0.2) is 0 Å². The maximum absolute atomic E-state index is 12.6. The van der Waals surface area contributed by atoms with Gasteiger partial charge in [-0.3, -0.25) is 19.8 Å². The Kier molecular flexibility index (Phi) is 8.03. The number of hydrogen-bond acceptors (Lipinski definition) is 6. The molecule has 0 unspecified atom stereocenters. The van der Waals surface area contributed by atoms with Crippen molar-refractivity contribution < 1.29 is 14.3 Å². The highest BCUT2D eigenvalue weighted by molar-refractivity contribution is 6.05. The summed E-state index contributed by atoms with van der Waals surface area (Å²) in [5, 5.41) is 10.00. The first-order valence-corrected chi connectivity index (χ1v) is 10.7. The minimum atomic E-state index is -0.414. The number of rotatable bonds is 9. The van der Waals surface area contributed by atoms with E-state index in [1.54, 1.807) is 10.7 Å². The summed E-state index contributed by atoms with van der Waals surface area (Å²) in [5.41, 5.74) is 2.30. The average molecular weight is 427 g/mol. The predicted octanol–water partition coefficient (Wildman–Crippen LogP) is 2.32. The normalized spacial score (nSPS) is 13.1. The van der Waals surface area contributed by atoms with Gasteiger partial charge < -0.3 is 15.0 Å². The first kappa shape index (κ1) is 22.3. The summed E-state index contributed by atoms with van der Waals surface area (Å²) in [6.45, 7) is 7.44. The Morgan fingerprint density at radius 2 is 2.00 bits per heavy atom. The van der Waals surface area contributed by atoms with Crippen LogP contribution in [0.2, 0.25) is 0 Å². The lowest BCUT2D eigenvalue weighted by Gasteiger charge is -2.20. The van der Waals surface area contributed by atoms with Gasteiger partial charge in [-0.2, -0.15) is 5.10 Å². The molecule has 1 aliphatic heterocycles. The van der Waals surface area contributed by atoms with Crippen LogP contribution in [0.1, 0.15) is 41.5 Å². The molecule has 1 aromatic heterocycles. The fourth-order valence-electron chi connectivity index (χ4n) is 3.35. The lowest BCUT2D eigenvalue weighted by molar-refractivity contribution is 0.0962. The van der Waals surface area contributed by atoms with Gasteiger partial charge in [-0.25, -0.2) is 4.79 Å². The van der Waals surface area contributed by atoms with Crippen LogP contribution < -0.4 is 10.6 Å². The number of alkyl carbamates (subject to hydrolysis) is 1. The van der Waals surface area contributed by atoms with Gasteiger partial charge in [0, 0.05) is 26.2 Å². The molecule has 0 saturated heterocycles. The van der Waals surface area contributed by atoms with E-state index in [9.17, 15) is 9.59 Å². The largest absolute Gasteiger partial charge is 0.445 e. The average Bonchev–Trinajstić information content (AvgIpc) is 3.38. The van der Waals surface area contributed by atoms with E-state index in [1.807, 2.05) is 44.2 Å². The van der Waals surface area contributed by atoms with Crippen molar-refractivity contribution >= 4 is 18.0 Å². The number of guanidine groups is 1. The Hall–Kier alpha value is -3.36. The van der Waals surface area contributed by atoms with Gasteiger partial charge in [-0.15, -0.1) is 0 Å². The van der Waals surface area contributed by atoms with Crippen LogP contribution in [0.25, 0.3) is 0 Å². The third kappa shape index (κ3) is 6.56. The highest BCUT2D eigenvalue weighted by Gasteiger charge is 2.21. The standard InChI is InChI=1S/C22H30N6O3/c1-3-28-19(15-17(2)26-28)20(29)25-21-23-12-14-27(21)13-8-7-11-24-22(30)31-16-18-9-5-4-6-10-18/h4-6,9-10,15H,3,7-8,11-14,16H2,1-2H3,(H,24,30)(H,23,25,29). The number of unbranched alkanes of at least 4 members (excludes halogenated alkanes) is 1. The predicted molar refractivity (Wildman–Crippen MR) is 118 cm³/mol. The highest BCUT2D eigenvalue weighted by atomic mass is 16.5. The van der Waals surface area contributed by atoms with E-state index in [0.717, 1.165) is 37.2 Å². The van der Waals surface area contributed by atoms with Gasteiger partial charge in [0.05, 0.1) is 12.2 Å². The minimum Gasteiger partial charge on any atom is -0.445 e. The van der Waals surface area contributed by atoms with Gasteiger partial charge >= 0.3 is 6.09 Å². The summed E-state index contributed by atoms with van der Waals surface area (Å²) >= 11 is 0. The van der Waals surface area contributed by atoms with Crippen LogP contribution in [-0.2, 0) is 17.9 Å². The molecule has 2 aromatic rings. The van der Waals surface area contributed by atoms with Crippen molar-refractivity contribution in [3.05, 3.63) is 53.3 Å². The SMILES string of the molecule is CCn1nc(C)cc1C(=O)NC1=NCCN1CCCCNC(=O)OCc1ccccc1. The highest BCUT2D eigenvalue weighted by Crippen LogP contribution is 2.07. The molecule has 0 fully saturated rings. The molecule has 0 radical (unpaired) electrons. The van der Waals surface area contributed by atoms with Gasteiger partial charge in [0.25, 0.3) is 5.91 Å². The molecule has 9 nitrogen and oxygen atoms in total. The van der Waals surface area contributed by atoms with Crippen molar-refractivity contribution in [2.45, 2.75) is 39.8 Å². The molecule has 0 aliphatic carbocycles. The van der Waals surface area contributed by atoms with Crippen molar-refractivity contribution in [2.75, 3.05) is 26.2 Å². The molecule has 9 heteroatoms. The second-order valence-corrected chi connectivity index (χ2v) is 7.33. The Balaban J connectivity index is 1.34. The zero-order valence-corrected chi connectivity index (χ0v) is 18.1. The number of aliphatic imine (C=N–C) groups is 1. The monoisotopic (exact) mass is 426 g/mol. The van der Waals surface area contributed by atoms with Crippen molar-refractivity contribution in [3.63, 3.8) is 0 Å². The summed E-state index contributed by atoms with van der Waals surface area (Å²) in [7, 11) is 0. The number of aryl methyl sites for hydroxylation is 2. The Morgan fingerprint density at radius 1 is 1.19 bits per heavy atom. The number of hydrogen-bond donors (Lipinski definition) is 2. The lowest BCUT2D eigenvalue weighted by Crippen LogP contribution is -2.42. The van der Waals surface area contributed by atoms with Crippen LogP contribution >= 0.6 is 0 Å². The minimum absolute atomic E-state index is 0.198. The first-order chi connectivity index (χ1) is 15.1. The maximum Gasteiger partial charge on any atom is 0.407 e. The van der Waals surface area contributed by atoms with Gasteiger partial charge in [-0.05, 0) is 38.3 Å². The van der Waals surface area contributed by atoms with Crippen molar-refractivity contribution in [1.82, 2.24) is 25.3 Å². The number of nitrogens with zero attached hydrogens (tertiary/aromatic N) is 4. The van der Waals surface area contributed by atoms with E-state index in [1.165, 1.54) is 0 Å². The Bertz CT molecular complexity index is 909. The number of amides is 2. The molecule has 2 heterocycles. The molecule has 0 atom stereocenters. The van der Waals surface area contributed by atoms with Crippen molar-refractivity contribution in [1.29, 1.82) is 0 Å². The summed E-state index contributed by atoms with van der Waals surface area (Å²) in [5.74, 6) is 0.401. The van der Waals surface area contributed by atoms with Crippen LogP contribution in [0, 0.1) is 6.92 Å². The zero-order valence-electron chi connectivity index (χ0n) is 18.1. The number of benzene rings is 1. The topological polar surface area (TPSA) is 101 Å².